The second-order valence-corrected chi connectivity index (χ2v) is 9.43. The van der Waals surface area contributed by atoms with E-state index in [1.807, 2.05) is 36.1 Å². The maximum atomic E-state index is 12.8. The molecule has 2 N–H and O–H groups in total. The van der Waals surface area contributed by atoms with Gasteiger partial charge in [0.25, 0.3) is 5.91 Å². The molecule has 2 saturated heterocycles. The Morgan fingerprint density at radius 2 is 2.12 bits per heavy atom. The number of likely N-dealkylation sites (tertiary alicyclic amines) is 1. The van der Waals surface area contributed by atoms with Gasteiger partial charge < -0.3 is 15.0 Å². The molecule has 2 aliphatic heterocycles. The van der Waals surface area contributed by atoms with Crippen molar-refractivity contribution in [1.29, 1.82) is 0 Å². The summed E-state index contributed by atoms with van der Waals surface area (Å²) in [7, 11) is 0. The monoisotopic (exact) mass is 466 g/mol. The molecule has 1 spiro atoms. The summed E-state index contributed by atoms with van der Waals surface area (Å²) in [6.07, 6.45) is 5.19. The van der Waals surface area contributed by atoms with E-state index in [9.17, 15) is 4.79 Å². The van der Waals surface area contributed by atoms with Crippen LogP contribution in [0.15, 0.2) is 42.6 Å². The van der Waals surface area contributed by atoms with Crippen molar-refractivity contribution in [2.75, 3.05) is 25.0 Å². The van der Waals surface area contributed by atoms with Gasteiger partial charge in [0.1, 0.15) is 11.6 Å². The van der Waals surface area contributed by atoms with Crippen molar-refractivity contribution in [3.8, 4) is 0 Å². The van der Waals surface area contributed by atoms with Crippen LogP contribution in [-0.4, -0.2) is 56.3 Å². The van der Waals surface area contributed by atoms with Crippen LogP contribution >= 0.6 is 11.6 Å². The number of amides is 1. The number of halogens is 1. The lowest BCUT2D eigenvalue weighted by Crippen LogP contribution is -2.46. The second kappa shape index (κ2) is 9.11. The normalized spacial score (nSPS) is 19.7. The molecule has 1 atom stereocenters. The molecular formula is C24H27ClN6O2. The van der Waals surface area contributed by atoms with Gasteiger partial charge in [0.15, 0.2) is 5.82 Å². The topological polar surface area (TPSA) is 96.0 Å². The fourth-order valence-corrected chi connectivity index (χ4v) is 4.97. The molecule has 1 amide bonds. The Balaban J connectivity index is 1.16. The molecule has 0 radical (unpaired) electrons. The molecule has 172 valence electrons. The average Bonchev–Trinajstić information content (AvgIpc) is 3.40. The molecule has 2 aromatic heterocycles. The molecule has 1 aromatic carbocycles. The van der Waals surface area contributed by atoms with Crippen molar-refractivity contribution < 1.29 is 9.53 Å². The Bertz CT molecular complexity index is 1140. The average molecular weight is 467 g/mol. The van der Waals surface area contributed by atoms with E-state index in [1.165, 1.54) is 0 Å². The van der Waals surface area contributed by atoms with Crippen LogP contribution in [0.5, 0.6) is 0 Å². The van der Waals surface area contributed by atoms with Gasteiger partial charge in [0.2, 0.25) is 0 Å². The lowest BCUT2D eigenvalue weighted by molar-refractivity contribution is -0.0391. The number of carbonyl (C=O) groups is 1. The maximum Gasteiger partial charge on any atom is 0.253 e. The van der Waals surface area contributed by atoms with Crippen LogP contribution < -0.4 is 5.32 Å². The number of aryl methyl sites for hydroxylation is 1. The number of piperidine rings is 1. The molecule has 3 aromatic rings. The van der Waals surface area contributed by atoms with E-state index in [2.05, 4.69) is 25.5 Å². The maximum absolute atomic E-state index is 12.8. The molecule has 0 unspecified atom stereocenters. The van der Waals surface area contributed by atoms with Gasteiger partial charge in [-0.2, -0.15) is 5.10 Å². The third-order valence-corrected chi connectivity index (χ3v) is 6.69. The van der Waals surface area contributed by atoms with Crippen molar-refractivity contribution in [2.45, 2.75) is 38.2 Å². The summed E-state index contributed by atoms with van der Waals surface area (Å²) >= 11 is 6.05. The van der Waals surface area contributed by atoms with E-state index in [1.54, 1.807) is 18.3 Å². The van der Waals surface area contributed by atoms with E-state index in [0.29, 0.717) is 36.2 Å². The Morgan fingerprint density at radius 1 is 1.27 bits per heavy atom. The molecule has 9 heteroatoms. The summed E-state index contributed by atoms with van der Waals surface area (Å²) in [5.41, 5.74) is 1.47. The number of aromatic nitrogens is 4. The standard InChI is InChI=1S/C24H27ClN6O2/c1-16-11-22(30-29-16)28-20-5-8-26-21(27-20)12-17-14-24(33-15-17)6-9-31(10-7-24)23(32)18-3-2-4-19(25)13-18/h2-5,8,11,13,17H,6-7,9-10,12,14-15H2,1H3,(H2,26,27,28,29,30)/t17-/m0/s1. The highest BCUT2D eigenvalue weighted by Crippen LogP contribution is 2.39. The smallest absolute Gasteiger partial charge is 0.253 e. The minimum absolute atomic E-state index is 0.0340. The summed E-state index contributed by atoms with van der Waals surface area (Å²) in [5, 5.41) is 10.9. The number of benzene rings is 1. The molecule has 0 aliphatic carbocycles. The minimum Gasteiger partial charge on any atom is -0.375 e. The Kier molecular flexibility index (Phi) is 6.03. The van der Waals surface area contributed by atoms with Crippen molar-refractivity contribution in [2.24, 2.45) is 5.92 Å². The van der Waals surface area contributed by atoms with Crippen LogP contribution in [0.1, 0.15) is 41.1 Å². The number of ether oxygens (including phenoxy) is 1. The second-order valence-electron chi connectivity index (χ2n) is 8.99. The SMILES string of the molecule is Cc1cc(Nc2ccnc(C[C@@H]3COC4(CCN(C(=O)c5cccc(Cl)c5)CC4)C3)n2)n[nH]1. The number of nitrogens with one attached hydrogen (secondary N) is 2. The third-order valence-electron chi connectivity index (χ3n) is 6.46. The van der Waals surface area contributed by atoms with Gasteiger partial charge in [0, 0.05) is 48.1 Å². The van der Waals surface area contributed by atoms with Crippen LogP contribution in [0.2, 0.25) is 5.02 Å². The van der Waals surface area contributed by atoms with Gasteiger partial charge in [-0.15, -0.1) is 0 Å². The van der Waals surface area contributed by atoms with Crippen LogP contribution in [-0.2, 0) is 11.2 Å². The van der Waals surface area contributed by atoms with Crippen LogP contribution in [0.25, 0.3) is 0 Å². The van der Waals surface area contributed by atoms with E-state index in [-0.39, 0.29) is 11.5 Å². The fraction of sp³-hybridized carbons (Fsp3) is 0.417. The molecular weight excluding hydrogens is 440 g/mol. The summed E-state index contributed by atoms with van der Waals surface area (Å²) in [6, 6.07) is 10.9. The molecule has 8 nitrogen and oxygen atoms in total. The van der Waals surface area contributed by atoms with Crippen molar-refractivity contribution in [3.05, 3.63) is 64.7 Å². The fourth-order valence-electron chi connectivity index (χ4n) is 4.78. The van der Waals surface area contributed by atoms with Gasteiger partial charge in [-0.05, 0) is 56.4 Å². The first-order chi connectivity index (χ1) is 16.0. The number of hydrogen-bond donors (Lipinski definition) is 2. The molecule has 33 heavy (non-hydrogen) atoms. The number of anilines is 2. The van der Waals surface area contributed by atoms with E-state index < -0.39 is 0 Å². The number of rotatable bonds is 5. The highest BCUT2D eigenvalue weighted by Gasteiger charge is 2.43. The molecule has 0 bridgehead atoms. The van der Waals surface area contributed by atoms with Crippen molar-refractivity contribution in [1.82, 2.24) is 25.1 Å². The number of hydrogen-bond acceptors (Lipinski definition) is 6. The number of carbonyl (C=O) groups excluding carboxylic acids is 1. The van der Waals surface area contributed by atoms with Crippen LogP contribution in [0, 0.1) is 12.8 Å². The molecule has 5 rings (SSSR count). The summed E-state index contributed by atoms with van der Waals surface area (Å²) in [5.74, 6) is 2.66. The summed E-state index contributed by atoms with van der Waals surface area (Å²) < 4.78 is 6.30. The van der Waals surface area contributed by atoms with E-state index >= 15 is 0 Å². The number of H-pyrrole nitrogens is 1. The highest BCUT2D eigenvalue weighted by atomic mass is 35.5. The Labute approximate surface area is 197 Å². The highest BCUT2D eigenvalue weighted by molar-refractivity contribution is 6.30. The van der Waals surface area contributed by atoms with E-state index in [0.717, 1.165) is 48.8 Å². The Morgan fingerprint density at radius 3 is 2.88 bits per heavy atom. The first-order valence-electron chi connectivity index (χ1n) is 11.3. The number of aromatic amines is 1. The zero-order chi connectivity index (χ0) is 22.8. The molecule has 0 saturated carbocycles. The van der Waals surface area contributed by atoms with Gasteiger partial charge in [-0.3, -0.25) is 9.89 Å². The van der Waals surface area contributed by atoms with Crippen LogP contribution in [0.3, 0.4) is 0 Å². The largest absolute Gasteiger partial charge is 0.375 e. The third kappa shape index (κ3) is 5.02. The quantitative estimate of drug-likeness (QED) is 0.586. The first-order valence-corrected chi connectivity index (χ1v) is 11.7. The molecule has 2 fully saturated rings. The molecule has 4 heterocycles. The van der Waals surface area contributed by atoms with Crippen LogP contribution in [0.4, 0.5) is 11.6 Å². The van der Waals surface area contributed by atoms with Gasteiger partial charge in [0.05, 0.1) is 12.2 Å². The predicted octanol–water partition coefficient (Wildman–Crippen LogP) is 4.16. The lowest BCUT2D eigenvalue weighted by atomic mass is 9.84. The zero-order valence-electron chi connectivity index (χ0n) is 18.6. The summed E-state index contributed by atoms with van der Waals surface area (Å²) in [6.45, 7) is 4.03. The minimum atomic E-state index is -0.155. The van der Waals surface area contributed by atoms with Crippen molar-refractivity contribution in [3.63, 3.8) is 0 Å². The van der Waals surface area contributed by atoms with Gasteiger partial charge in [-0.25, -0.2) is 9.97 Å². The Hall–Kier alpha value is -2.97. The lowest BCUT2D eigenvalue weighted by Gasteiger charge is -2.38. The zero-order valence-corrected chi connectivity index (χ0v) is 19.3. The van der Waals surface area contributed by atoms with E-state index in [4.69, 9.17) is 16.3 Å². The van der Waals surface area contributed by atoms with Crippen molar-refractivity contribution >= 4 is 29.1 Å². The molecule has 2 aliphatic rings. The van der Waals surface area contributed by atoms with Gasteiger partial charge in [-0.1, -0.05) is 17.7 Å². The number of nitrogens with zero attached hydrogens (tertiary/aromatic N) is 4. The first kappa shape index (κ1) is 21.9. The van der Waals surface area contributed by atoms with Gasteiger partial charge >= 0.3 is 0 Å². The predicted molar refractivity (Wildman–Crippen MR) is 126 cm³/mol. The summed E-state index contributed by atoms with van der Waals surface area (Å²) in [4.78, 5) is 23.8.